The summed E-state index contributed by atoms with van der Waals surface area (Å²) in [7, 11) is -1.89. The molecule has 0 spiro atoms. The van der Waals surface area contributed by atoms with Gasteiger partial charge in [0.25, 0.3) is 0 Å². The van der Waals surface area contributed by atoms with Crippen molar-refractivity contribution < 1.29 is 52.3 Å². The minimum absolute atomic E-state index is 0.0649. The summed E-state index contributed by atoms with van der Waals surface area (Å²) in [6.45, 7) is 24.6. The summed E-state index contributed by atoms with van der Waals surface area (Å²) in [5, 5.41) is 22.1. The van der Waals surface area contributed by atoms with Crippen LogP contribution in [0.1, 0.15) is 61.8 Å². The van der Waals surface area contributed by atoms with Crippen molar-refractivity contribution in [2.45, 2.75) is 152 Å². The highest BCUT2D eigenvalue weighted by Gasteiger charge is 2.58. The third-order valence-corrected chi connectivity index (χ3v) is 18.9. The summed E-state index contributed by atoms with van der Waals surface area (Å²) < 4.78 is 47.4. The molecule has 0 aromatic heterocycles. The highest BCUT2D eigenvalue weighted by molar-refractivity contribution is 6.74. The Bertz CT molecular complexity index is 937. The molecular weight excluding hydrogens is 628 g/mol. The van der Waals surface area contributed by atoms with Crippen molar-refractivity contribution in [1.29, 1.82) is 0 Å². The molecule has 2 rings (SSSR count). The van der Waals surface area contributed by atoms with E-state index in [-0.39, 0.29) is 29.9 Å². The van der Waals surface area contributed by atoms with Gasteiger partial charge in [-0.25, -0.2) is 0 Å². The largest absolute Gasteiger partial charge is 0.469 e. The lowest BCUT2D eigenvalue weighted by molar-refractivity contribution is -0.218. The first-order valence-electron chi connectivity index (χ1n) is 15.4. The molecule has 2 aliphatic rings. The van der Waals surface area contributed by atoms with Crippen LogP contribution in [0.15, 0.2) is 0 Å². The van der Waals surface area contributed by atoms with Crippen molar-refractivity contribution >= 4 is 34.2 Å². The van der Waals surface area contributed by atoms with Gasteiger partial charge in [-0.05, 0) is 50.1 Å². The van der Waals surface area contributed by atoms with Crippen molar-refractivity contribution in [3.8, 4) is 0 Å². The number of fused-ring (bicyclic) bond motifs is 1. The highest BCUT2D eigenvalue weighted by Crippen LogP contribution is 2.45. The molecule has 2 heterocycles. The minimum atomic E-state index is -2.33. The smallest absolute Gasteiger partial charge is 0.314 e. The molecule has 0 radical (unpaired) electrons. The zero-order valence-corrected chi connectivity index (χ0v) is 32.0. The second-order valence-electron chi connectivity index (χ2n) is 15.5. The molecule has 0 unspecified atom stereocenters. The molecule has 2 saturated heterocycles. The molecule has 11 nitrogen and oxygen atoms in total. The Morgan fingerprint density at radius 1 is 0.977 bits per heavy atom. The quantitative estimate of drug-likeness (QED) is 0.107. The van der Waals surface area contributed by atoms with Crippen LogP contribution in [0.2, 0.25) is 36.3 Å². The van der Waals surface area contributed by atoms with E-state index in [1.807, 2.05) is 13.8 Å². The summed E-state index contributed by atoms with van der Waals surface area (Å²) in [4.78, 5) is 13.1. The van der Waals surface area contributed by atoms with Gasteiger partial charge in [-0.3, -0.25) is 4.79 Å². The highest BCUT2D eigenvalue weighted by atomic mass is 35.5. The number of hydrogen-bond donors (Lipinski definition) is 2. The standard InChI is InChI=1S/C30H59ClO11Si2/c1-28(2,3)43(11,12)38-16-18(31)23(37-17-35-9)22(33)21(26(34)36-10)19(32)15-20-24(42-44(13,14)29(4,5)6)25-27(39-20)41-30(7,8)40-25/h18-25,27,32-33H,15-17H2,1-14H3/t18-,19-,20-,21+,22-,23-,24+,25-,27-/m1/s1. The number of methoxy groups -OCH3 is 2. The Balaban J connectivity index is 2.34. The molecule has 44 heavy (non-hydrogen) atoms. The predicted octanol–water partition coefficient (Wildman–Crippen LogP) is 4.77. The lowest BCUT2D eigenvalue weighted by atomic mass is 9.87. The second-order valence-corrected chi connectivity index (χ2v) is 25.6. The van der Waals surface area contributed by atoms with Gasteiger partial charge in [-0.15, -0.1) is 11.6 Å². The molecule has 0 aromatic carbocycles. The van der Waals surface area contributed by atoms with Crippen LogP contribution in [0, 0.1) is 5.92 Å². The molecule has 0 bridgehead atoms. The van der Waals surface area contributed by atoms with Gasteiger partial charge in [0.15, 0.2) is 28.7 Å². The zero-order chi connectivity index (χ0) is 34.1. The average molecular weight is 687 g/mol. The van der Waals surface area contributed by atoms with Crippen molar-refractivity contribution in [1.82, 2.24) is 0 Å². The predicted molar refractivity (Wildman–Crippen MR) is 172 cm³/mol. The third kappa shape index (κ3) is 9.69. The molecule has 14 heteroatoms. The molecule has 0 amide bonds. The number of halogens is 1. The van der Waals surface area contributed by atoms with Gasteiger partial charge in [0, 0.05) is 13.5 Å². The van der Waals surface area contributed by atoms with Crippen LogP contribution in [0.25, 0.3) is 0 Å². The van der Waals surface area contributed by atoms with Gasteiger partial charge in [-0.2, -0.15) is 0 Å². The van der Waals surface area contributed by atoms with E-state index in [2.05, 4.69) is 67.7 Å². The number of esters is 1. The van der Waals surface area contributed by atoms with E-state index in [1.54, 1.807) is 0 Å². The first kappa shape index (κ1) is 40.0. The van der Waals surface area contributed by atoms with Gasteiger partial charge in [-0.1, -0.05) is 41.5 Å². The van der Waals surface area contributed by atoms with E-state index < -0.39 is 82.6 Å². The Hall–Kier alpha value is -0.166. The van der Waals surface area contributed by atoms with Crippen molar-refractivity contribution in [3.63, 3.8) is 0 Å². The molecule has 2 fully saturated rings. The first-order valence-corrected chi connectivity index (χ1v) is 21.7. The van der Waals surface area contributed by atoms with E-state index in [0.717, 1.165) is 0 Å². The van der Waals surface area contributed by atoms with Crippen LogP contribution >= 0.6 is 11.6 Å². The molecule has 9 atom stereocenters. The van der Waals surface area contributed by atoms with Crippen LogP contribution in [-0.4, -0.2) is 115 Å². The summed E-state index contributed by atoms with van der Waals surface area (Å²) >= 11 is 6.78. The molecular formula is C30H59ClO11Si2. The van der Waals surface area contributed by atoms with Gasteiger partial charge < -0.3 is 47.5 Å². The lowest BCUT2D eigenvalue weighted by Gasteiger charge is -2.41. The maximum atomic E-state index is 13.1. The van der Waals surface area contributed by atoms with Crippen molar-refractivity contribution in [3.05, 3.63) is 0 Å². The summed E-state index contributed by atoms with van der Waals surface area (Å²) in [6, 6.07) is 0. The zero-order valence-electron chi connectivity index (χ0n) is 29.3. The van der Waals surface area contributed by atoms with E-state index in [4.69, 9.17) is 48.9 Å². The van der Waals surface area contributed by atoms with Crippen LogP contribution in [0.5, 0.6) is 0 Å². The SMILES string of the molecule is COCO[C@@H]([C@H](O)[C@@H](C(=O)OC)[C@H](O)C[C@H]1O[C@@H]2OC(C)(C)O[C@@H]2[C@H]1O[Si](C)(C)C(C)(C)C)[C@H](Cl)CO[Si](C)(C)C(C)(C)C. The molecule has 0 saturated carbocycles. The van der Waals surface area contributed by atoms with Crippen LogP contribution in [-0.2, 0) is 42.1 Å². The lowest BCUT2D eigenvalue weighted by Crippen LogP contribution is -2.53. The topological polar surface area (TPSA) is 131 Å². The van der Waals surface area contributed by atoms with Gasteiger partial charge in [0.05, 0.1) is 37.4 Å². The number of carbonyl (C=O) groups is 1. The first-order chi connectivity index (χ1) is 19.9. The van der Waals surface area contributed by atoms with Gasteiger partial charge in [0.2, 0.25) is 0 Å². The van der Waals surface area contributed by atoms with E-state index in [0.29, 0.717) is 0 Å². The maximum absolute atomic E-state index is 13.1. The number of alkyl halides is 1. The van der Waals surface area contributed by atoms with E-state index in [9.17, 15) is 15.0 Å². The third-order valence-electron chi connectivity index (χ3n) is 9.53. The molecule has 2 aliphatic heterocycles. The van der Waals surface area contributed by atoms with Crippen molar-refractivity contribution in [2.24, 2.45) is 5.92 Å². The fourth-order valence-corrected chi connectivity index (χ4v) is 7.55. The maximum Gasteiger partial charge on any atom is 0.314 e. The normalized spacial score (nSPS) is 27.8. The Morgan fingerprint density at radius 2 is 1.55 bits per heavy atom. The Kier molecular flexibility index (Phi) is 13.6. The van der Waals surface area contributed by atoms with Crippen LogP contribution < -0.4 is 0 Å². The summed E-state index contributed by atoms with van der Waals surface area (Å²) in [6.07, 6.45) is -6.70. The monoisotopic (exact) mass is 686 g/mol. The fourth-order valence-electron chi connectivity index (χ4n) is 4.81. The van der Waals surface area contributed by atoms with Gasteiger partial charge >= 0.3 is 5.97 Å². The molecule has 0 aromatic rings. The van der Waals surface area contributed by atoms with E-state index in [1.165, 1.54) is 14.2 Å². The fraction of sp³-hybridized carbons (Fsp3) is 0.967. The van der Waals surface area contributed by atoms with Gasteiger partial charge in [0.1, 0.15) is 31.0 Å². The van der Waals surface area contributed by atoms with Crippen LogP contribution in [0.3, 0.4) is 0 Å². The Morgan fingerprint density at radius 3 is 2.05 bits per heavy atom. The number of aliphatic hydroxyl groups excluding tert-OH is 2. The summed E-state index contributed by atoms with van der Waals surface area (Å²) in [5.41, 5.74) is 0. The number of ether oxygens (including phenoxy) is 6. The minimum Gasteiger partial charge on any atom is -0.469 e. The van der Waals surface area contributed by atoms with E-state index >= 15 is 0 Å². The summed E-state index contributed by atoms with van der Waals surface area (Å²) in [5.74, 6) is -3.11. The molecule has 0 aliphatic carbocycles. The van der Waals surface area contributed by atoms with Crippen LogP contribution in [0.4, 0.5) is 0 Å². The second kappa shape index (κ2) is 14.9. The average Bonchev–Trinajstić information content (AvgIpc) is 3.32. The number of rotatable bonds is 15. The number of carbonyl (C=O) groups excluding carboxylic acids is 1. The number of aliphatic hydroxyl groups is 2. The Labute approximate surface area is 271 Å². The molecule has 260 valence electrons. The molecule has 2 N–H and O–H groups in total. The number of hydrogen-bond acceptors (Lipinski definition) is 11. The van der Waals surface area contributed by atoms with Crippen molar-refractivity contribution in [2.75, 3.05) is 27.6 Å².